The molecule has 0 bridgehead atoms. The fraction of sp³-hybridized carbons (Fsp3) is 0.500. The van der Waals surface area contributed by atoms with E-state index in [4.69, 9.17) is 5.11 Å². The molecule has 6 nitrogen and oxygen atoms in total. The van der Waals surface area contributed by atoms with Crippen molar-refractivity contribution < 1.29 is 22.5 Å². The number of aromatic carboxylic acids is 1. The number of hydrogen-bond donors (Lipinski definition) is 2. The number of sulfonamides is 1. The van der Waals surface area contributed by atoms with E-state index < -0.39 is 26.8 Å². The van der Waals surface area contributed by atoms with E-state index in [1.807, 2.05) is 0 Å². The maximum Gasteiger partial charge on any atom is 0.345 e. The van der Waals surface area contributed by atoms with E-state index in [2.05, 4.69) is 4.72 Å². The average molecular weight is 325 g/mol. The van der Waals surface area contributed by atoms with Gasteiger partial charge in [-0.05, 0) is 19.4 Å². The molecular weight excluding hydrogens is 310 g/mol. The first-order chi connectivity index (χ1) is 8.72. The van der Waals surface area contributed by atoms with Crippen LogP contribution in [0, 0.1) is 0 Å². The third-order valence-corrected chi connectivity index (χ3v) is 5.74. The van der Waals surface area contributed by atoms with Gasteiger partial charge in [0.05, 0.1) is 4.90 Å². The second-order valence-electron chi connectivity index (χ2n) is 4.04. The summed E-state index contributed by atoms with van der Waals surface area (Å²) in [6.45, 7) is 1.68. The zero-order valence-corrected chi connectivity index (χ0v) is 12.9. The van der Waals surface area contributed by atoms with Gasteiger partial charge >= 0.3 is 5.97 Å². The summed E-state index contributed by atoms with van der Waals surface area (Å²) in [4.78, 5) is 10.6. The maximum absolute atomic E-state index is 11.9. The zero-order chi connectivity index (χ0) is 14.6. The van der Waals surface area contributed by atoms with Crippen molar-refractivity contribution in [2.45, 2.75) is 24.3 Å². The standard InChI is InChI=1S/C10H15NO5S3/c1-7(3-4-18(2)14)11-19(15,16)8-5-9(10(12)13)17-6-8/h5-7,11H,3-4H2,1-2H3,(H,12,13). The number of carbonyl (C=O) groups is 1. The van der Waals surface area contributed by atoms with E-state index in [1.165, 1.54) is 5.38 Å². The van der Waals surface area contributed by atoms with Crippen LogP contribution in [0.1, 0.15) is 23.0 Å². The molecule has 0 aliphatic rings. The molecule has 9 heteroatoms. The topological polar surface area (TPSA) is 101 Å². The Morgan fingerprint density at radius 1 is 1.58 bits per heavy atom. The number of thiophene rings is 1. The van der Waals surface area contributed by atoms with Crippen LogP contribution in [-0.2, 0) is 20.8 Å². The summed E-state index contributed by atoms with van der Waals surface area (Å²) in [5.41, 5.74) is 0. The molecule has 0 fully saturated rings. The molecule has 1 aromatic rings. The Morgan fingerprint density at radius 3 is 2.68 bits per heavy atom. The van der Waals surface area contributed by atoms with Crippen molar-refractivity contribution in [3.8, 4) is 0 Å². The molecule has 0 aromatic carbocycles. The van der Waals surface area contributed by atoms with Gasteiger partial charge in [0.15, 0.2) is 0 Å². The van der Waals surface area contributed by atoms with Gasteiger partial charge in [-0.2, -0.15) is 0 Å². The Balaban J connectivity index is 2.74. The van der Waals surface area contributed by atoms with Crippen LogP contribution in [0.3, 0.4) is 0 Å². The number of rotatable bonds is 7. The molecule has 2 N–H and O–H groups in total. The molecular formula is C10H15NO5S3. The van der Waals surface area contributed by atoms with Crippen molar-refractivity contribution >= 4 is 38.1 Å². The van der Waals surface area contributed by atoms with Crippen LogP contribution >= 0.6 is 11.3 Å². The van der Waals surface area contributed by atoms with Crippen molar-refractivity contribution in [3.05, 3.63) is 16.3 Å². The lowest BCUT2D eigenvalue weighted by Crippen LogP contribution is -2.33. The largest absolute Gasteiger partial charge is 0.477 e. The zero-order valence-electron chi connectivity index (χ0n) is 10.5. The van der Waals surface area contributed by atoms with Crippen molar-refractivity contribution in [2.24, 2.45) is 0 Å². The molecule has 0 spiro atoms. The SMILES string of the molecule is CC(CCS(C)=O)NS(=O)(=O)c1csc(C(=O)O)c1. The van der Waals surface area contributed by atoms with Gasteiger partial charge in [0.2, 0.25) is 10.0 Å². The molecule has 2 atom stereocenters. The molecule has 1 aromatic heterocycles. The van der Waals surface area contributed by atoms with Crippen LogP contribution in [0.4, 0.5) is 0 Å². The van der Waals surface area contributed by atoms with Gasteiger partial charge in [0.1, 0.15) is 4.88 Å². The van der Waals surface area contributed by atoms with E-state index >= 15 is 0 Å². The van der Waals surface area contributed by atoms with Crippen molar-refractivity contribution in [3.63, 3.8) is 0 Å². The minimum Gasteiger partial charge on any atom is -0.477 e. The number of hydrogen-bond acceptors (Lipinski definition) is 5. The number of carboxylic acids is 1. The molecule has 0 radical (unpaired) electrons. The van der Waals surface area contributed by atoms with E-state index in [-0.39, 0.29) is 15.8 Å². The fourth-order valence-corrected chi connectivity index (χ4v) is 4.38. The molecule has 0 aliphatic carbocycles. The van der Waals surface area contributed by atoms with Crippen molar-refractivity contribution in [2.75, 3.05) is 12.0 Å². The average Bonchev–Trinajstić information content (AvgIpc) is 2.75. The highest BCUT2D eigenvalue weighted by molar-refractivity contribution is 7.89. The van der Waals surface area contributed by atoms with Crippen LogP contribution in [0.25, 0.3) is 0 Å². The number of nitrogens with one attached hydrogen (secondary N) is 1. The van der Waals surface area contributed by atoms with Crippen LogP contribution < -0.4 is 4.72 Å². The van der Waals surface area contributed by atoms with Crippen LogP contribution in [-0.4, -0.2) is 41.8 Å². The van der Waals surface area contributed by atoms with Gasteiger partial charge in [-0.3, -0.25) is 4.21 Å². The fourth-order valence-electron chi connectivity index (χ4n) is 1.31. The lowest BCUT2D eigenvalue weighted by Gasteiger charge is -2.12. The third kappa shape index (κ3) is 5.01. The Morgan fingerprint density at radius 2 is 2.21 bits per heavy atom. The van der Waals surface area contributed by atoms with E-state index in [0.29, 0.717) is 12.2 Å². The molecule has 2 unspecified atom stereocenters. The molecule has 19 heavy (non-hydrogen) atoms. The Kier molecular flexibility index (Phi) is 5.65. The highest BCUT2D eigenvalue weighted by Crippen LogP contribution is 2.19. The monoisotopic (exact) mass is 325 g/mol. The van der Waals surface area contributed by atoms with Gasteiger partial charge in [-0.25, -0.2) is 17.9 Å². The van der Waals surface area contributed by atoms with Gasteiger partial charge < -0.3 is 5.11 Å². The molecule has 0 saturated carbocycles. The molecule has 1 heterocycles. The first kappa shape index (κ1) is 16.3. The normalized spacial score (nSPS) is 15.1. The lowest BCUT2D eigenvalue weighted by atomic mass is 10.3. The highest BCUT2D eigenvalue weighted by atomic mass is 32.2. The Labute approximate surface area is 118 Å². The second-order valence-corrected chi connectivity index (χ2v) is 8.22. The van der Waals surface area contributed by atoms with E-state index in [1.54, 1.807) is 13.2 Å². The summed E-state index contributed by atoms with van der Waals surface area (Å²) in [5.74, 6) is -0.742. The molecule has 0 amide bonds. The summed E-state index contributed by atoms with van der Waals surface area (Å²) in [5, 5.41) is 10.0. The summed E-state index contributed by atoms with van der Waals surface area (Å²) >= 11 is 0.863. The molecule has 1 rings (SSSR count). The predicted molar refractivity (Wildman–Crippen MR) is 74.6 cm³/mol. The maximum atomic E-state index is 11.9. The summed E-state index contributed by atoms with van der Waals surface area (Å²) in [7, 11) is -4.69. The molecule has 108 valence electrons. The van der Waals surface area contributed by atoms with E-state index in [9.17, 15) is 17.4 Å². The summed E-state index contributed by atoms with van der Waals surface area (Å²) < 4.78 is 37.3. The van der Waals surface area contributed by atoms with Crippen molar-refractivity contribution in [1.82, 2.24) is 4.72 Å². The van der Waals surface area contributed by atoms with E-state index in [0.717, 1.165) is 17.4 Å². The van der Waals surface area contributed by atoms with Gasteiger partial charge in [0, 0.05) is 34.2 Å². The second kappa shape index (κ2) is 6.60. The third-order valence-electron chi connectivity index (χ3n) is 2.29. The predicted octanol–water partition coefficient (Wildman–Crippen LogP) is 0.882. The minimum atomic E-state index is -3.72. The first-order valence-electron chi connectivity index (χ1n) is 5.36. The lowest BCUT2D eigenvalue weighted by molar-refractivity contribution is 0.0702. The quantitative estimate of drug-likeness (QED) is 0.775. The molecule has 0 saturated heterocycles. The minimum absolute atomic E-state index is 0.0253. The highest BCUT2D eigenvalue weighted by Gasteiger charge is 2.20. The van der Waals surface area contributed by atoms with Crippen molar-refractivity contribution in [1.29, 1.82) is 0 Å². The van der Waals surface area contributed by atoms with Crippen LogP contribution in [0.15, 0.2) is 16.3 Å². The smallest absolute Gasteiger partial charge is 0.345 e. The summed E-state index contributed by atoms with van der Waals surface area (Å²) in [6, 6.07) is 0.766. The number of carboxylic acid groups (broad SMARTS) is 1. The Hall–Kier alpha value is -0.770. The molecule has 0 aliphatic heterocycles. The van der Waals surface area contributed by atoms with Gasteiger partial charge in [-0.1, -0.05) is 0 Å². The Bertz CT molecular complexity index is 578. The van der Waals surface area contributed by atoms with Gasteiger partial charge in [-0.15, -0.1) is 11.3 Å². The summed E-state index contributed by atoms with van der Waals surface area (Å²) in [6.07, 6.45) is 2.01. The van der Waals surface area contributed by atoms with Gasteiger partial charge in [0.25, 0.3) is 0 Å². The first-order valence-corrected chi connectivity index (χ1v) is 9.45. The van der Waals surface area contributed by atoms with Crippen LogP contribution in [0.5, 0.6) is 0 Å². The van der Waals surface area contributed by atoms with Crippen LogP contribution in [0.2, 0.25) is 0 Å².